The highest BCUT2D eigenvalue weighted by Crippen LogP contribution is 2.21. The van der Waals surface area contributed by atoms with Crippen molar-refractivity contribution in [2.45, 2.75) is 32.9 Å². The van der Waals surface area contributed by atoms with Crippen LogP contribution in [0.3, 0.4) is 0 Å². The molecule has 0 bridgehead atoms. The number of nitrogens with one attached hydrogen (secondary N) is 1. The third-order valence-electron chi connectivity index (χ3n) is 2.16. The molecule has 0 aliphatic heterocycles. The van der Waals surface area contributed by atoms with E-state index >= 15 is 0 Å². The second-order valence-corrected chi connectivity index (χ2v) is 5.78. The van der Waals surface area contributed by atoms with Gasteiger partial charge in [0.25, 0.3) is 0 Å². The zero-order valence-corrected chi connectivity index (χ0v) is 12.6. The molecule has 0 unspecified atom stereocenters. The van der Waals surface area contributed by atoms with Crippen molar-refractivity contribution in [3.05, 3.63) is 33.8 Å². The molecule has 0 spiro atoms. The second-order valence-electron chi connectivity index (χ2n) is 4.93. The first-order chi connectivity index (χ1) is 8.70. The lowest BCUT2D eigenvalue weighted by atomic mass is 10.1. The van der Waals surface area contributed by atoms with Crippen molar-refractivity contribution in [1.82, 2.24) is 5.32 Å². The first-order valence-corrected chi connectivity index (χ1v) is 6.47. The third-order valence-corrected chi connectivity index (χ3v) is 2.90. The minimum Gasteiger partial charge on any atom is -0.478 e. The number of aromatic carboxylic acids is 1. The number of amides is 1. The minimum atomic E-state index is -1.04. The van der Waals surface area contributed by atoms with Gasteiger partial charge in [0, 0.05) is 16.6 Å². The number of carboxylic acids is 1. The second kappa shape index (κ2) is 6.06. The van der Waals surface area contributed by atoms with Gasteiger partial charge in [0.1, 0.15) is 5.60 Å². The Morgan fingerprint density at radius 3 is 2.53 bits per heavy atom. The van der Waals surface area contributed by atoms with Gasteiger partial charge in [-0.2, -0.15) is 0 Å². The summed E-state index contributed by atoms with van der Waals surface area (Å²) in [6.45, 7) is 5.35. The highest BCUT2D eigenvalue weighted by atomic mass is 79.9. The van der Waals surface area contributed by atoms with Gasteiger partial charge in [0.2, 0.25) is 0 Å². The van der Waals surface area contributed by atoms with Crippen LogP contribution >= 0.6 is 15.9 Å². The molecule has 2 N–H and O–H groups in total. The summed E-state index contributed by atoms with van der Waals surface area (Å²) in [5.74, 6) is -1.04. The summed E-state index contributed by atoms with van der Waals surface area (Å²) in [6, 6.07) is 4.84. The van der Waals surface area contributed by atoms with Crippen molar-refractivity contribution in [3.63, 3.8) is 0 Å². The van der Waals surface area contributed by atoms with E-state index in [0.29, 0.717) is 10.0 Å². The number of carboxylic acid groups (broad SMARTS) is 1. The summed E-state index contributed by atoms with van der Waals surface area (Å²) in [4.78, 5) is 22.6. The molecule has 104 valence electrons. The van der Waals surface area contributed by atoms with E-state index in [1.54, 1.807) is 32.9 Å². The van der Waals surface area contributed by atoms with E-state index < -0.39 is 17.7 Å². The molecule has 0 atom stereocenters. The van der Waals surface area contributed by atoms with Crippen molar-refractivity contribution in [3.8, 4) is 0 Å². The molecule has 6 heteroatoms. The van der Waals surface area contributed by atoms with E-state index in [-0.39, 0.29) is 12.1 Å². The van der Waals surface area contributed by atoms with E-state index in [1.165, 1.54) is 6.07 Å². The van der Waals surface area contributed by atoms with Crippen LogP contribution in [0.25, 0.3) is 0 Å². The Bertz CT molecular complexity index is 494. The first-order valence-electron chi connectivity index (χ1n) is 5.68. The SMILES string of the molecule is CC(C)(C)OC(=O)NCc1c(Br)cccc1C(=O)O. The van der Waals surface area contributed by atoms with Crippen molar-refractivity contribution in [2.24, 2.45) is 0 Å². The van der Waals surface area contributed by atoms with E-state index in [9.17, 15) is 9.59 Å². The fourth-order valence-electron chi connectivity index (χ4n) is 1.41. The largest absolute Gasteiger partial charge is 0.478 e. The lowest BCUT2D eigenvalue weighted by Gasteiger charge is -2.20. The van der Waals surface area contributed by atoms with Crippen molar-refractivity contribution in [2.75, 3.05) is 0 Å². The summed E-state index contributed by atoms with van der Waals surface area (Å²) < 4.78 is 5.72. The van der Waals surface area contributed by atoms with E-state index in [1.807, 2.05) is 0 Å². The maximum absolute atomic E-state index is 11.5. The van der Waals surface area contributed by atoms with E-state index in [0.717, 1.165) is 0 Å². The molecule has 0 aromatic heterocycles. The highest BCUT2D eigenvalue weighted by molar-refractivity contribution is 9.10. The van der Waals surface area contributed by atoms with Gasteiger partial charge in [0.05, 0.1) is 5.56 Å². The molecule has 0 radical (unpaired) electrons. The zero-order valence-electron chi connectivity index (χ0n) is 11.0. The Labute approximate surface area is 120 Å². The number of benzene rings is 1. The molecule has 0 aliphatic rings. The Hall–Kier alpha value is -1.56. The number of hydrogen-bond acceptors (Lipinski definition) is 3. The summed E-state index contributed by atoms with van der Waals surface area (Å²) >= 11 is 3.27. The van der Waals surface area contributed by atoms with Gasteiger partial charge in [0.15, 0.2) is 0 Å². The van der Waals surface area contributed by atoms with E-state index in [2.05, 4.69) is 21.2 Å². The van der Waals surface area contributed by atoms with Gasteiger partial charge in [-0.3, -0.25) is 0 Å². The number of hydrogen-bond donors (Lipinski definition) is 2. The smallest absolute Gasteiger partial charge is 0.407 e. The molecule has 0 saturated carbocycles. The molecular formula is C13H16BrNO4. The maximum Gasteiger partial charge on any atom is 0.407 e. The molecule has 1 aromatic carbocycles. The normalized spacial score (nSPS) is 10.9. The van der Waals surface area contributed by atoms with Crippen LogP contribution in [0.2, 0.25) is 0 Å². The van der Waals surface area contributed by atoms with Crippen LogP contribution in [0, 0.1) is 0 Å². The maximum atomic E-state index is 11.5. The highest BCUT2D eigenvalue weighted by Gasteiger charge is 2.18. The van der Waals surface area contributed by atoms with Crippen LogP contribution in [0.5, 0.6) is 0 Å². The molecule has 0 aliphatic carbocycles. The Kier molecular flexibility index (Phi) is 4.94. The molecule has 0 fully saturated rings. The van der Waals surface area contributed by atoms with Crippen LogP contribution in [-0.2, 0) is 11.3 Å². The van der Waals surface area contributed by atoms with Crippen molar-refractivity contribution in [1.29, 1.82) is 0 Å². The predicted octanol–water partition coefficient (Wildman–Crippen LogP) is 3.17. The van der Waals surface area contributed by atoms with Gasteiger partial charge < -0.3 is 15.2 Å². The number of alkyl carbamates (subject to hydrolysis) is 1. The molecule has 0 heterocycles. The lowest BCUT2D eigenvalue weighted by molar-refractivity contribution is 0.0520. The van der Waals surface area contributed by atoms with Gasteiger partial charge in [-0.05, 0) is 32.9 Å². The minimum absolute atomic E-state index is 0.0813. The number of carbonyl (C=O) groups is 2. The van der Waals surface area contributed by atoms with Gasteiger partial charge in [-0.1, -0.05) is 22.0 Å². The van der Waals surface area contributed by atoms with Gasteiger partial charge >= 0.3 is 12.1 Å². The molecule has 5 nitrogen and oxygen atoms in total. The van der Waals surface area contributed by atoms with Crippen LogP contribution in [0.15, 0.2) is 22.7 Å². The summed E-state index contributed by atoms with van der Waals surface area (Å²) in [5.41, 5.74) is 0.0551. The average molecular weight is 330 g/mol. The summed E-state index contributed by atoms with van der Waals surface area (Å²) in [7, 11) is 0. The van der Waals surface area contributed by atoms with Gasteiger partial charge in [-0.25, -0.2) is 9.59 Å². The van der Waals surface area contributed by atoms with Crippen LogP contribution in [0.4, 0.5) is 4.79 Å². The van der Waals surface area contributed by atoms with E-state index in [4.69, 9.17) is 9.84 Å². The van der Waals surface area contributed by atoms with Crippen molar-refractivity contribution >= 4 is 28.0 Å². The first kappa shape index (κ1) is 15.5. The number of halogens is 1. The number of carbonyl (C=O) groups excluding carboxylic acids is 1. The third kappa shape index (κ3) is 4.90. The molecular weight excluding hydrogens is 314 g/mol. The van der Waals surface area contributed by atoms with Crippen LogP contribution < -0.4 is 5.32 Å². The monoisotopic (exact) mass is 329 g/mol. The van der Waals surface area contributed by atoms with Crippen LogP contribution in [-0.4, -0.2) is 22.8 Å². The molecule has 1 aromatic rings. The zero-order chi connectivity index (χ0) is 14.6. The molecule has 19 heavy (non-hydrogen) atoms. The average Bonchev–Trinajstić information content (AvgIpc) is 2.24. The van der Waals surface area contributed by atoms with Crippen LogP contribution in [0.1, 0.15) is 36.7 Å². The Balaban J connectivity index is 2.78. The quantitative estimate of drug-likeness (QED) is 0.893. The summed E-state index contributed by atoms with van der Waals surface area (Å²) in [6.07, 6.45) is -0.584. The van der Waals surface area contributed by atoms with Crippen molar-refractivity contribution < 1.29 is 19.4 Å². The van der Waals surface area contributed by atoms with Gasteiger partial charge in [-0.15, -0.1) is 0 Å². The fourth-order valence-corrected chi connectivity index (χ4v) is 1.92. The lowest BCUT2D eigenvalue weighted by Crippen LogP contribution is -2.32. The Morgan fingerprint density at radius 1 is 1.37 bits per heavy atom. The summed E-state index contributed by atoms with van der Waals surface area (Å²) in [5, 5.41) is 11.6. The topological polar surface area (TPSA) is 75.6 Å². The molecule has 1 rings (SSSR count). The molecule has 0 saturated heterocycles. The number of rotatable bonds is 3. The Morgan fingerprint density at radius 2 is 2.00 bits per heavy atom. The predicted molar refractivity (Wildman–Crippen MR) is 74.2 cm³/mol. The fraction of sp³-hybridized carbons (Fsp3) is 0.385. The number of ether oxygens (including phenoxy) is 1. The standard InChI is InChI=1S/C13H16BrNO4/c1-13(2,3)19-12(18)15-7-9-8(11(16)17)5-4-6-10(9)14/h4-6H,7H2,1-3H3,(H,15,18)(H,16,17). The molecule has 1 amide bonds.